The zero-order valence-corrected chi connectivity index (χ0v) is 14.3. The Balaban J connectivity index is 2.01. The van der Waals surface area contributed by atoms with E-state index in [4.69, 9.17) is 23.2 Å². The number of hydrogen-bond donors (Lipinski definition) is 1. The minimum atomic E-state index is -0.194. The summed E-state index contributed by atoms with van der Waals surface area (Å²) in [5.74, 6) is -0.281. The highest BCUT2D eigenvalue weighted by atomic mass is 35.5. The second-order valence-electron chi connectivity index (χ2n) is 5.24. The largest absolute Gasteiger partial charge is 0.345 e. The fraction of sp³-hybridized carbons (Fsp3) is 0.176. The predicted molar refractivity (Wildman–Crippen MR) is 93.3 cm³/mol. The van der Waals surface area contributed by atoms with Crippen LogP contribution in [0.5, 0.6) is 0 Å². The topological polar surface area (TPSA) is 49.4 Å². The van der Waals surface area contributed by atoms with Crippen LogP contribution in [0.4, 0.5) is 5.69 Å². The Kier molecular flexibility index (Phi) is 5.64. The molecule has 0 aromatic heterocycles. The first-order chi connectivity index (χ1) is 10.9. The van der Waals surface area contributed by atoms with Crippen molar-refractivity contribution in [2.24, 2.45) is 0 Å². The van der Waals surface area contributed by atoms with Crippen molar-refractivity contribution in [3.63, 3.8) is 0 Å². The summed E-state index contributed by atoms with van der Waals surface area (Å²) in [6.45, 7) is 0. The van der Waals surface area contributed by atoms with Crippen LogP contribution in [0.1, 0.15) is 15.9 Å². The average Bonchev–Trinajstić information content (AvgIpc) is 2.50. The molecule has 23 heavy (non-hydrogen) atoms. The Labute approximate surface area is 145 Å². The lowest BCUT2D eigenvalue weighted by Gasteiger charge is -2.11. The molecule has 0 saturated carbocycles. The lowest BCUT2D eigenvalue weighted by atomic mass is 10.1. The van der Waals surface area contributed by atoms with Crippen LogP contribution in [0.2, 0.25) is 10.0 Å². The number of carbonyl (C=O) groups is 2. The normalized spacial score (nSPS) is 10.3. The van der Waals surface area contributed by atoms with E-state index in [0.717, 1.165) is 0 Å². The molecule has 1 N–H and O–H groups in total. The first-order valence-electron chi connectivity index (χ1n) is 6.92. The molecule has 0 bridgehead atoms. The van der Waals surface area contributed by atoms with Gasteiger partial charge in [-0.15, -0.1) is 0 Å². The number of halogens is 2. The molecule has 120 valence electrons. The molecule has 0 unspecified atom stereocenters. The monoisotopic (exact) mass is 350 g/mol. The van der Waals surface area contributed by atoms with Crippen molar-refractivity contribution in [2.75, 3.05) is 19.4 Å². The molecule has 6 heteroatoms. The maximum atomic E-state index is 12.1. The van der Waals surface area contributed by atoms with Gasteiger partial charge in [0.15, 0.2) is 0 Å². The van der Waals surface area contributed by atoms with E-state index < -0.39 is 0 Å². The van der Waals surface area contributed by atoms with Crippen molar-refractivity contribution in [1.29, 1.82) is 0 Å². The number of benzene rings is 2. The quantitative estimate of drug-likeness (QED) is 0.909. The first kappa shape index (κ1) is 17.3. The second-order valence-corrected chi connectivity index (χ2v) is 6.08. The van der Waals surface area contributed by atoms with Crippen molar-refractivity contribution < 1.29 is 9.59 Å². The van der Waals surface area contributed by atoms with E-state index in [-0.39, 0.29) is 18.2 Å². The third kappa shape index (κ3) is 4.71. The third-order valence-electron chi connectivity index (χ3n) is 3.19. The summed E-state index contributed by atoms with van der Waals surface area (Å²) in [7, 11) is 3.38. The second kappa shape index (κ2) is 7.49. The van der Waals surface area contributed by atoms with Crippen LogP contribution in [0, 0.1) is 0 Å². The van der Waals surface area contributed by atoms with Gasteiger partial charge in [0.2, 0.25) is 5.91 Å². The van der Waals surface area contributed by atoms with Gasteiger partial charge in [0, 0.05) is 35.4 Å². The number of amides is 2. The van der Waals surface area contributed by atoms with E-state index in [1.165, 1.54) is 4.90 Å². The summed E-state index contributed by atoms with van der Waals surface area (Å²) in [6, 6.07) is 11.8. The van der Waals surface area contributed by atoms with Gasteiger partial charge in [-0.25, -0.2) is 0 Å². The van der Waals surface area contributed by atoms with Gasteiger partial charge in [-0.2, -0.15) is 0 Å². The van der Waals surface area contributed by atoms with Gasteiger partial charge < -0.3 is 10.2 Å². The van der Waals surface area contributed by atoms with Gasteiger partial charge in [0.1, 0.15) is 0 Å². The van der Waals surface area contributed by atoms with E-state index in [9.17, 15) is 9.59 Å². The van der Waals surface area contributed by atoms with E-state index in [1.54, 1.807) is 56.6 Å². The maximum absolute atomic E-state index is 12.1. The highest BCUT2D eigenvalue weighted by Crippen LogP contribution is 2.21. The van der Waals surface area contributed by atoms with Crippen LogP contribution < -0.4 is 5.32 Å². The molecule has 4 nitrogen and oxygen atoms in total. The first-order valence-corrected chi connectivity index (χ1v) is 7.68. The molecule has 0 spiro atoms. The summed E-state index contributed by atoms with van der Waals surface area (Å²) in [4.78, 5) is 25.4. The Hall–Kier alpha value is -2.04. The minimum absolute atomic E-state index is 0.0872. The molecular formula is C17H16Cl2N2O2. The fourth-order valence-corrected chi connectivity index (χ4v) is 2.47. The van der Waals surface area contributed by atoms with Crippen molar-refractivity contribution in [3.8, 4) is 0 Å². The van der Waals surface area contributed by atoms with Crippen molar-refractivity contribution in [1.82, 2.24) is 4.90 Å². The average molecular weight is 351 g/mol. The summed E-state index contributed by atoms with van der Waals surface area (Å²) in [5.41, 5.74) is 1.89. The Morgan fingerprint density at radius 3 is 2.26 bits per heavy atom. The van der Waals surface area contributed by atoms with E-state index >= 15 is 0 Å². The van der Waals surface area contributed by atoms with Gasteiger partial charge in [-0.3, -0.25) is 9.59 Å². The smallest absolute Gasteiger partial charge is 0.253 e. The zero-order chi connectivity index (χ0) is 17.0. The molecule has 2 aromatic carbocycles. The molecule has 2 aromatic rings. The molecule has 0 aliphatic carbocycles. The molecule has 0 radical (unpaired) electrons. The van der Waals surface area contributed by atoms with E-state index in [1.807, 2.05) is 0 Å². The van der Waals surface area contributed by atoms with Crippen LogP contribution in [0.25, 0.3) is 0 Å². The van der Waals surface area contributed by atoms with Crippen LogP contribution in [-0.2, 0) is 11.2 Å². The SMILES string of the molecule is CN(C)C(=O)c1ccc(NC(=O)Cc2ccc(Cl)cc2Cl)cc1. The number of nitrogens with zero attached hydrogens (tertiary/aromatic N) is 1. The van der Waals surface area contributed by atoms with E-state index in [2.05, 4.69) is 5.32 Å². The molecule has 0 aliphatic rings. The molecule has 0 saturated heterocycles. The Morgan fingerprint density at radius 2 is 1.70 bits per heavy atom. The van der Waals surface area contributed by atoms with Crippen LogP contribution in [0.15, 0.2) is 42.5 Å². The summed E-state index contributed by atoms with van der Waals surface area (Å²) < 4.78 is 0. The number of hydrogen-bond acceptors (Lipinski definition) is 2. The summed E-state index contributed by atoms with van der Waals surface area (Å²) >= 11 is 11.9. The summed E-state index contributed by atoms with van der Waals surface area (Å²) in [5, 5.41) is 3.76. The van der Waals surface area contributed by atoms with Crippen LogP contribution in [0.3, 0.4) is 0 Å². The number of nitrogens with one attached hydrogen (secondary N) is 1. The standard InChI is InChI=1S/C17H16Cl2N2O2/c1-21(2)17(23)11-4-7-14(8-5-11)20-16(22)9-12-3-6-13(18)10-15(12)19/h3-8,10H,9H2,1-2H3,(H,20,22). The van der Waals surface area contributed by atoms with Gasteiger partial charge in [-0.1, -0.05) is 29.3 Å². The highest BCUT2D eigenvalue weighted by molar-refractivity contribution is 6.35. The van der Waals surface area contributed by atoms with Crippen LogP contribution >= 0.6 is 23.2 Å². The van der Waals surface area contributed by atoms with Crippen molar-refractivity contribution >= 4 is 40.7 Å². The lowest BCUT2D eigenvalue weighted by Crippen LogP contribution is -2.21. The zero-order valence-electron chi connectivity index (χ0n) is 12.8. The van der Waals surface area contributed by atoms with Gasteiger partial charge in [0.05, 0.1) is 6.42 Å². The molecule has 0 atom stereocenters. The summed E-state index contributed by atoms with van der Waals surface area (Å²) in [6.07, 6.45) is 0.147. The highest BCUT2D eigenvalue weighted by Gasteiger charge is 2.10. The molecule has 2 amide bonds. The fourth-order valence-electron chi connectivity index (χ4n) is 2.00. The Morgan fingerprint density at radius 1 is 1.04 bits per heavy atom. The van der Waals surface area contributed by atoms with Gasteiger partial charge in [-0.05, 0) is 42.0 Å². The van der Waals surface area contributed by atoms with Crippen molar-refractivity contribution in [3.05, 3.63) is 63.6 Å². The molecule has 2 rings (SSSR count). The molecule has 0 aliphatic heterocycles. The van der Waals surface area contributed by atoms with Crippen LogP contribution in [-0.4, -0.2) is 30.8 Å². The van der Waals surface area contributed by atoms with Crippen molar-refractivity contribution in [2.45, 2.75) is 6.42 Å². The van der Waals surface area contributed by atoms with Gasteiger partial charge >= 0.3 is 0 Å². The number of carbonyl (C=O) groups excluding carboxylic acids is 2. The third-order valence-corrected chi connectivity index (χ3v) is 3.77. The Bertz CT molecular complexity index is 728. The van der Waals surface area contributed by atoms with Gasteiger partial charge in [0.25, 0.3) is 5.91 Å². The minimum Gasteiger partial charge on any atom is -0.345 e. The van der Waals surface area contributed by atoms with E-state index in [0.29, 0.717) is 26.9 Å². The molecule has 0 heterocycles. The maximum Gasteiger partial charge on any atom is 0.253 e. The number of anilines is 1. The predicted octanol–water partition coefficient (Wildman–Crippen LogP) is 3.88. The number of rotatable bonds is 4. The lowest BCUT2D eigenvalue weighted by molar-refractivity contribution is -0.115. The molecular weight excluding hydrogens is 335 g/mol. The molecule has 0 fully saturated rings.